The molecule has 0 aliphatic carbocycles. The quantitative estimate of drug-likeness (QED) is 0.905. The van der Waals surface area contributed by atoms with Crippen LogP contribution in [-0.2, 0) is 6.54 Å². The Morgan fingerprint density at radius 3 is 2.84 bits per heavy atom. The van der Waals surface area contributed by atoms with Crippen molar-refractivity contribution in [2.24, 2.45) is 0 Å². The molecular weight excluding hydrogens is 256 g/mol. The van der Waals surface area contributed by atoms with E-state index in [1.807, 2.05) is 13.1 Å². The summed E-state index contributed by atoms with van der Waals surface area (Å²) in [5.41, 5.74) is 3.24. The van der Waals surface area contributed by atoms with Gasteiger partial charge >= 0.3 is 0 Å². The number of nitrogens with one attached hydrogen (secondary N) is 1. The summed E-state index contributed by atoms with van der Waals surface area (Å²) in [5, 5.41) is 5.61. The minimum absolute atomic E-state index is 0.341. The monoisotopic (exact) mass is 276 g/mol. The number of aryl methyl sites for hydroxylation is 1. The first kappa shape index (κ1) is 14.0. The molecule has 2 rings (SSSR count). The molecule has 0 saturated carbocycles. The fraction of sp³-hybridized carbons (Fsp3) is 0.400. The van der Waals surface area contributed by atoms with Crippen LogP contribution in [0.15, 0.2) is 23.7 Å². The molecule has 0 spiro atoms. The summed E-state index contributed by atoms with van der Waals surface area (Å²) in [6, 6.07) is 4.57. The van der Waals surface area contributed by atoms with E-state index >= 15 is 0 Å². The molecule has 0 aliphatic heterocycles. The van der Waals surface area contributed by atoms with Crippen LogP contribution in [-0.4, -0.2) is 12.1 Å². The number of nitrogens with zero attached hydrogens (tertiary/aromatic N) is 1. The number of thiophene rings is 1. The summed E-state index contributed by atoms with van der Waals surface area (Å²) in [5.74, 6) is 0.940. The minimum atomic E-state index is 0.341. The number of methoxy groups -OCH3 is 1. The lowest BCUT2D eigenvalue weighted by Crippen LogP contribution is -2.19. The molecule has 2 heterocycles. The number of aromatic nitrogens is 1. The van der Waals surface area contributed by atoms with Crippen molar-refractivity contribution in [2.75, 3.05) is 7.11 Å². The number of hydrogen-bond donors (Lipinski definition) is 1. The number of ether oxygens (including phenoxy) is 1. The first-order valence-electron chi connectivity index (χ1n) is 6.39. The molecule has 0 bridgehead atoms. The smallest absolute Gasteiger partial charge is 0.128 e. The summed E-state index contributed by atoms with van der Waals surface area (Å²) in [4.78, 5) is 5.84. The van der Waals surface area contributed by atoms with Gasteiger partial charge in [-0.1, -0.05) is 6.07 Å². The van der Waals surface area contributed by atoms with E-state index in [0.717, 1.165) is 29.1 Å². The second kappa shape index (κ2) is 6.17. The molecule has 0 aliphatic rings. The third kappa shape index (κ3) is 3.14. The average molecular weight is 276 g/mol. The van der Waals surface area contributed by atoms with E-state index < -0.39 is 0 Å². The van der Waals surface area contributed by atoms with E-state index in [9.17, 15) is 0 Å². The molecular formula is C15H20N2OS. The van der Waals surface area contributed by atoms with Gasteiger partial charge in [0.25, 0.3) is 0 Å². The second-order valence-electron chi connectivity index (χ2n) is 4.66. The van der Waals surface area contributed by atoms with E-state index in [-0.39, 0.29) is 0 Å². The highest BCUT2D eigenvalue weighted by atomic mass is 32.1. The fourth-order valence-electron chi connectivity index (χ4n) is 2.14. The lowest BCUT2D eigenvalue weighted by molar-refractivity contribution is 0.406. The highest BCUT2D eigenvalue weighted by molar-refractivity contribution is 7.10. The zero-order valence-corrected chi connectivity index (χ0v) is 12.7. The molecule has 1 atom stereocenters. The summed E-state index contributed by atoms with van der Waals surface area (Å²) in [7, 11) is 1.71. The minimum Gasteiger partial charge on any atom is -0.496 e. The second-order valence-corrected chi connectivity index (χ2v) is 5.64. The van der Waals surface area contributed by atoms with Crippen LogP contribution in [0, 0.1) is 13.8 Å². The molecule has 1 unspecified atom stereocenters. The topological polar surface area (TPSA) is 34.1 Å². The maximum absolute atomic E-state index is 5.43. The Morgan fingerprint density at radius 2 is 2.21 bits per heavy atom. The van der Waals surface area contributed by atoms with Gasteiger partial charge in [-0.15, -0.1) is 11.3 Å². The molecule has 0 saturated heterocycles. The van der Waals surface area contributed by atoms with Crippen molar-refractivity contribution in [1.82, 2.24) is 10.3 Å². The van der Waals surface area contributed by atoms with Gasteiger partial charge in [0, 0.05) is 34.8 Å². The zero-order chi connectivity index (χ0) is 13.8. The fourth-order valence-corrected chi connectivity index (χ4v) is 2.90. The molecule has 0 amide bonds. The Morgan fingerprint density at radius 1 is 1.42 bits per heavy atom. The highest BCUT2D eigenvalue weighted by Crippen LogP contribution is 2.24. The number of rotatable bonds is 5. The van der Waals surface area contributed by atoms with E-state index in [1.54, 1.807) is 18.4 Å². The van der Waals surface area contributed by atoms with Gasteiger partial charge in [-0.2, -0.15) is 0 Å². The van der Waals surface area contributed by atoms with Gasteiger partial charge in [-0.3, -0.25) is 4.98 Å². The first-order chi connectivity index (χ1) is 9.13. The van der Waals surface area contributed by atoms with Gasteiger partial charge in [-0.25, -0.2) is 0 Å². The predicted molar refractivity (Wildman–Crippen MR) is 79.8 cm³/mol. The Hall–Kier alpha value is -1.39. The number of pyridine rings is 1. The van der Waals surface area contributed by atoms with Crippen LogP contribution in [0.4, 0.5) is 0 Å². The molecule has 102 valence electrons. The van der Waals surface area contributed by atoms with Crippen molar-refractivity contribution in [3.8, 4) is 5.75 Å². The largest absolute Gasteiger partial charge is 0.496 e. The Kier molecular flexibility index (Phi) is 4.56. The van der Waals surface area contributed by atoms with E-state index in [2.05, 4.69) is 41.7 Å². The van der Waals surface area contributed by atoms with Crippen LogP contribution >= 0.6 is 11.3 Å². The first-order valence-corrected chi connectivity index (χ1v) is 7.27. The molecule has 2 aromatic heterocycles. The summed E-state index contributed by atoms with van der Waals surface area (Å²) >= 11 is 1.77. The van der Waals surface area contributed by atoms with Crippen LogP contribution in [0.5, 0.6) is 5.75 Å². The molecule has 0 fully saturated rings. The van der Waals surface area contributed by atoms with Gasteiger partial charge in [0.1, 0.15) is 5.75 Å². The van der Waals surface area contributed by atoms with Crippen molar-refractivity contribution >= 4 is 11.3 Å². The van der Waals surface area contributed by atoms with Crippen molar-refractivity contribution in [2.45, 2.75) is 33.4 Å². The van der Waals surface area contributed by atoms with E-state index in [0.29, 0.717) is 6.04 Å². The Labute approximate surface area is 118 Å². The predicted octanol–water partition coefficient (Wildman–Crippen LogP) is 3.62. The molecule has 4 heteroatoms. The van der Waals surface area contributed by atoms with E-state index in [4.69, 9.17) is 4.74 Å². The summed E-state index contributed by atoms with van der Waals surface area (Å²) in [6.45, 7) is 7.00. The van der Waals surface area contributed by atoms with Gasteiger partial charge in [0.2, 0.25) is 0 Å². The van der Waals surface area contributed by atoms with E-state index in [1.165, 1.54) is 4.88 Å². The SMILES string of the molecule is COc1c(C)cnc(CNC(C)c2cccs2)c1C. The van der Waals surface area contributed by atoms with Gasteiger partial charge in [-0.05, 0) is 32.2 Å². The van der Waals surface area contributed by atoms with Crippen LogP contribution in [0.25, 0.3) is 0 Å². The lowest BCUT2D eigenvalue weighted by atomic mass is 10.1. The van der Waals surface area contributed by atoms with Crippen molar-refractivity contribution in [1.29, 1.82) is 0 Å². The van der Waals surface area contributed by atoms with Crippen molar-refractivity contribution in [3.63, 3.8) is 0 Å². The molecule has 0 aromatic carbocycles. The Bertz CT molecular complexity index is 537. The lowest BCUT2D eigenvalue weighted by Gasteiger charge is -2.15. The molecule has 19 heavy (non-hydrogen) atoms. The molecule has 2 aromatic rings. The van der Waals surface area contributed by atoms with Crippen LogP contribution in [0.2, 0.25) is 0 Å². The van der Waals surface area contributed by atoms with Crippen LogP contribution in [0.1, 0.15) is 34.7 Å². The molecule has 3 nitrogen and oxygen atoms in total. The molecule has 0 radical (unpaired) electrons. The maximum atomic E-state index is 5.43. The van der Waals surface area contributed by atoms with Crippen molar-refractivity contribution < 1.29 is 4.74 Å². The summed E-state index contributed by atoms with van der Waals surface area (Å²) < 4.78 is 5.43. The van der Waals surface area contributed by atoms with Crippen molar-refractivity contribution in [3.05, 3.63) is 45.4 Å². The van der Waals surface area contributed by atoms with Gasteiger partial charge in [0.05, 0.1) is 12.8 Å². The highest BCUT2D eigenvalue weighted by Gasteiger charge is 2.11. The average Bonchev–Trinajstić information content (AvgIpc) is 2.92. The van der Waals surface area contributed by atoms with Gasteiger partial charge < -0.3 is 10.1 Å². The maximum Gasteiger partial charge on any atom is 0.128 e. The molecule has 1 N–H and O–H groups in total. The number of hydrogen-bond acceptors (Lipinski definition) is 4. The van der Waals surface area contributed by atoms with Gasteiger partial charge in [0.15, 0.2) is 0 Å². The van der Waals surface area contributed by atoms with Crippen LogP contribution < -0.4 is 10.1 Å². The Balaban J connectivity index is 2.08. The zero-order valence-electron chi connectivity index (χ0n) is 11.9. The summed E-state index contributed by atoms with van der Waals surface area (Å²) in [6.07, 6.45) is 1.87. The third-order valence-electron chi connectivity index (χ3n) is 3.30. The normalized spacial score (nSPS) is 12.4. The standard InChI is InChI=1S/C15H20N2OS/c1-10-8-17-13(11(2)15(10)18-4)9-16-12(3)14-6-5-7-19-14/h5-8,12,16H,9H2,1-4H3. The van der Waals surface area contributed by atoms with Crippen LogP contribution in [0.3, 0.4) is 0 Å². The third-order valence-corrected chi connectivity index (χ3v) is 4.35.